The number of hydrogen-bond donors (Lipinski definition) is 1. The van der Waals surface area contributed by atoms with Crippen LogP contribution in [0, 0.1) is 0 Å². The number of hydrogen-bond acceptors (Lipinski definition) is 4. The minimum absolute atomic E-state index is 0.0853. The summed E-state index contributed by atoms with van der Waals surface area (Å²) in [7, 11) is 0. The number of benzene rings is 2. The van der Waals surface area contributed by atoms with Crippen LogP contribution in [-0.2, 0) is 4.79 Å². The first-order chi connectivity index (χ1) is 13.1. The Morgan fingerprint density at radius 3 is 2.52 bits per heavy atom. The Labute approximate surface area is 167 Å². The van der Waals surface area contributed by atoms with Crippen LogP contribution in [-0.4, -0.2) is 25.9 Å². The van der Waals surface area contributed by atoms with Crippen LogP contribution in [0.4, 0.5) is 5.69 Å². The first kappa shape index (κ1) is 18.1. The third kappa shape index (κ3) is 4.17. The van der Waals surface area contributed by atoms with Gasteiger partial charge in [0.25, 0.3) is 0 Å². The van der Waals surface area contributed by atoms with Crippen molar-refractivity contribution in [3.05, 3.63) is 65.4 Å². The van der Waals surface area contributed by atoms with Crippen LogP contribution in [0.3, 0.4) is 0 Å². The highest BCUT2D eigenvalue weighted by molar-refractivity contribution is 8.00. The molecule has 138 valence electrons. The number of anilines is 1. The Morgan fingerprint density at radius 1 is 1.15 bits per heavy atom. The maximum absolute atomic E-state index is 12.6. The summed E-state index contributed by atoms with van der Waals surface area (Å²) in [6.07, 6.45) is 2.28. The number of carbonyl (C=O) groups is 1. The second kappa shape index (κ2) is 7.74. The fourth-order valence-corrected chi connectivity index (χ4v) is 3.77. The van der Waals surface area contributed by atoms with Gasteiger partial charge >= 0.3 is 0 Å². The summed E-state index contributed by atoms with van der Waals surface area (Å²) in [5, 5.41) is 12.7. The number of thioether (sulfide) groups is 1. The quantitative estimate of drug-likeness (QED) is 0.599. The number of nitrogens with zero attached hydrogens (tertiary/aromatic N) is 3. The van der Waals surface area contributed by atoms with Crippen LogP contribution in [0.2, 0.25) is 5.02 Å². The molecule has 1 aliphatic carbocycles. The SMILES string of the molecule is CC(Sc1nnc(C2CC2)n1-c1ccccc1)C(=O)Nc1ccc(Cl)cc1. The molecule has 3 aromatic rings. The van der Waals surface area contributed by atoms with Gasteiger partial charge in [-0.1, -0.05) is 41.6 Å². The Balaban J connectivity index is 1.53. The summed E-state index contributed by atoms with van der Waals surface area (Å²) < 4.78 is 2.08. The van der Waals surface area contributed by atoms with E-state index < -0.39 is 0 Å². The smallest absolute Gasteiger partial charge is 0.237 e. The molecular formula is C20H19ClN4OS. The number of para-hydroxylation sites is 1. The van der Waals surface area contributed by atoms with Gasteiger partial charge in [-0.3, -0.25) is 9.36 Å². The molecule has 2 aromatic carbocycles. The molecule has 0 bridgehead atoms. The molecule has 0 radical (unpaired) electrons. The first-order valence-corrected chi connectivity index (χ1v) is 10.1. The molecule has 4 rings (SSSR count). The summed E-state index contributed by atoms with van der Waals surface area (Å²) in [5.74, 6) is 1.36. The standard InChI is InChI=1S/C20H19ClN4OS/c1-13(19(26)22-16-11-9-15(21)10-12-16)27-20-24-23-18(14-7-8-14)25(20)17-5-3-2-4-6-17/h2-6,9-14H,7-8H2,1H3,(H,22,26). The van der Waals surface area contributed by atoms with E-state index in [0.29, 0.717) is 10.9 Å². The fraction of sp³-hybridized carbons (Fsp3) is 0.250. The van der Waals surface area contributed by atoms with Gasteiger partial charge in [0.1, 0.15) is 5.82 Å². The molecule has 1 atom stereocenters. The van der Waals surface area contributed by atoms with Crippen molar-refractivity contribution in [1.82, 2.24) is 14.8 Å². The summed E-state index contributed by atoms with van der Waals surface area (Å²) in [6.45, 7) is 1.87. The minimum atomic E-state index is -0.320. The predicted octanol–water partition coefficient (Wildman–Crippen LogP) is 4.92. The monoisotopic (exact) mass is 398 g/mol. The molecule has 0 saturated heterocycles. The summed E-state index contributed by atoms with van der Waals surface area (Å²) >= 11 is 7.30. The van der Waals surface area contributed by atoms with E-state index in [1.165, 1.54) is 11.8 Å². The molecule has 1 aliphatic rings. The second-order valence-corrected chi connectivity index (χ2v) is 8.29. The van der Waals surface area contributed by atoms with E-state index in [1.807, 2.05) is 37.3 Å². The van der Waals surface area contributed by atoms with Crippen LogP contribution in [0.5, 0.6) is 0 Å². The van der Waals surface area contributed by atoms with Gasteiger partial charge in [-0.25, -0.2) is 0 Å². The van der Waals surface area contributed by atoms with Crippen molar-refractivity contribution in [3.8, 4) is 5.69 Å². The van der Waals surface area contributed by atoms with Gasteiger partial charge in [0, 0.05) is 22.3 Å². The Hall–Kier alpha value is -2.31. The topological polar surface area (TPSA) is 59.8 Å². The van der Waals surface area contributed by atoms with Crippen molar-refractivity contribution in [2.45, 2.75) is 36.1 Å². The average Bonchev–Trinajstić information content (AvgIpc) is 3.45. The van der Waals surface area contributed by atoms with Crippen molar-refractivity contribution in [2.75, 3.05) is 5.32 Å². The predicted molar refractivity (Wildman–Crippen MR) is 109 cm³/mol. The molecule has 0 spiro atoms. The zero-order chi connectivity index (χ0) is 18.8. The van der Waals surface area contributed by atoms with Gasteiger partial charge in [-0.2, -0.15) is 0 Å². The van der Waals surface area contributed by atoms with Crippen LogP contribution in [0.15, 0.2) is 59.8 Å². The highest BCUT2D eigenvalue weighted by atomic mass is 35.5. The molecule has 1 fully saturated rings. The number of halogens is 1. The number of aromatic nitrogens is 3. The van der Waals surface area contributed by atoms with Crippen molar-refractivity contribution >= 4 is 35.0 Å². The lowest BCUT2D eigenvalue weighted by atomic mass is 10.3. The maximum atomic E-state index is 12.6. The lowest BCUT2D eigenvalue weighted by Gasteiger charge is -2.14. The van der Waals surface area contributed by atoms with E-state index in [4.69, 9.17) is 11.6 Å². The summed E-state index contributed by atoms with van der Waals surface area (Å²) in [6, 6.07) is 17.1. The van der Waals surface area contributed by atoms with Gasteiger partial charge in [0.05, 0.1) is 5.25 Å². The number of nitrogens with one attached hydrogen (secondary N) is 1. The largest absolute Gasteiger partial charge is 0.325 e. The minimum Gasteiger partial charge on any atom is -0.325 e. The van der Waals surface area contributed by atoms with Crippen molar-refractivity contribution in [2.24, 2.45) is 0 Å². The van der Waals surface area contributed by atoms with Gasteiger partial charge < -0.3 is 5.32 Å². The second-order valence-electron chi connectivity index (χ2n) is 6.54. The molecule has 1 heterocycles. The molecule has 27 heavy (non-hydrogen) atoms. The maximum Gasteiger partial charge on any atom is 0.237 e. The Kier molecular flexibility index (Phi) is 5.18. The fourth-order valence-electron chi connectivity index (χ4n) is 2.77. The highest BCUT2D eigenvalue weighted by Crippen LogP contribution is 2.41. The normalized spacial score (nSPS) is 14.7. The molecule has 7 heteroatoms. The summed E-state index contributed by atoms with van der Waals surface area (Å²) in [5.41, 5.74) is 1.75. The highest BCUT2D eigenvalue weighted by Gasteiger charge is 2.31. The number of carbonyl (C=O) groups excluding carboxylic acids is 1. The van der Waals surface area contributed by atoms with Gasteiger partial charge in [0.2, 0.25) is 5.91 Å². The van der Waals surface area contributed by atoms with Gasteiger partial charge in [-0.05, 0) is 56.2 Å². The zero-order valence-electron chi connectivity index (χ0n) is 14.8. The lowest BCUT2D eigenvalue weighted by molar-refractivity contribution is -0.115. The first-order valence-electron chi connectivity index (χ1n) is 8.85. The molecule has 1 saturated carbocycles. The molecular weight excluding hydrogens is 380 g/mol. The number of rotatable bonds is 6. The van der Waals surface area contributed by atoms with Gasteiger partial charge in [-0.15, -0.1) is 10.2 Å². The summed E-state index contributed by atoms with van der Waals surface area (Å²) in [4.78, 5) is 12.6. The molecule has 0 aliphatic heterocycles. The van der Waals surface area contributed by atoms with E-state index >= 15 is 0 Å². The van der Waals surface area contributed by atoms with E-state index in [2.05, 4.69) is 20.1 Å². The lowest BCUT2D eigenvalue weighted by Crippen LogP contribution is -2.22. The molecule has 5 nitrogen and oxygen atoms in total. The molecule has 1 aromatic heterocycles. The zero-order valence-corrected chi connectivity index (χ0v) is 16.4. The number of amides is 1. The molecule has 1 unspecified atom stereocenters. The van der Waals surface area contributed by atoms with E-state index in [-0.39, 0.29) is 11.2 Å². The van der Waals surface area contributed by atoms with E-state index in [1.54, 1.807) is 24.3 Å². The van der Waals surface area contributed by atoms with Crippen LogP contribution < -0.4 is 5.32 Å². The van der Waals surface area contributed by atoms with Crippen molar-refractivity contribution < 1.29 is 4.79 Å². The van der Waals surface area contributed by atoms with Crippen LogP contribution in [0.1, 0.15) is 31.5 Å². The average molecular weight is 399 g/mol. The Morgan fingerprint density at radius 2 is 1.85 bits per heavy atom. The van der Waals surface area contributed by atoms with Crippen molar-refractivity contribution in [3.63, 3.8) is 0 Å². The van der Waals surface area contributed by atoms with Crippen molar-refractivity contribution in [1.29, 1.82) is 0 Å². The van der Waals surface area contributed by atoms with E-state index in [0.717, 1.165) is 35.2 Å². The third-order valence-electron chi connectivity index (χ3n) is 4.38. The van der Waals surface area contributed by atoms with Crippen LogP contribution in [0.25, 0.3) is 5.69 Å². The van der Waals surface area contributed by atoms with Gasteiger partial charge in [0.15, 0.2) is 5.16 Å². The molecule has 1 N–H and O–H groups in total. The van der Waals surface area contributed by atoms with E-state index in [9.17, 15) is 4.79 Å². The van der Waals surface area contributed by atoms with Crippen LogP contribution >= 0.6 is 23.4 Å². The Bertz CT molecular complexity index is 938. The molecule has 1 amide bonds. The third-order valence-corrected chi connectivity index (χ3v) is 5.67.